The van der Waals surface area contributed by atoms with E-state index in [4.69, 9.17) is 15.9 Å². The Balaban J connectivity index is 1.53. The summed E-state index contributed by atoms with van der Waals surface area (Å²) in [5.74, 6) is 0.602. The van der Waals surface area contributed by atoms with Crippen LogP contribution in [0.2, 0.25) is 0 Å². The first-order chi connectivity index (χ1) is 15.5. The zero-order chi connectivity index (χ0) is 22.5. The van der Waals surface area contributed by atoms with Crippen LogP contribution in [0.3, 0.4) is 0 Å². The molecule has 0 saturated heterocycles. The van der Waals surface area contributed by atoms with Gasteiger partial charge in [0.15, 0.2) is 0 Å². The van der Waals surface area contributed by atoms with Gasteiger partial charge in [0.25, 0.3) is 5.91 Å². The predicted octanol–water partition coefficient (Wildman–Crippen LogP) is 5.99. The maximum absolute atomic E-state index is 13.0. The Kier molecular flexibility index (Phi) is 5.99. The predicted molar refractivity (Wildman–Crippen MR) is 129 cm³/mol. The lowest BCUT2D eigenvalue weighted by atomic mass is 10.0. The summed E-state index contributed by atoms with van der Waals surface area (Å²) in [5.41, 5.74) is 10.7. The first-order valence-electron chi connectivity index (χ1n) is 10.2. The van der Waals surface area contributed by atoms with Crippen molar-refractivity contribution in [2.45, 2.75) is 6.92 Å². The zero-order valence-corrected chi connectivity index (χ0v) is 17.6. The molecule has 0 aliphatic rings. The summed E-state index contributed by atoms with van der Waals surface area (Å²) in [6, 6.07) is 29.9. The van der Waals surface area contributed by atoms with Gasteiger partial charge in [0.05, 0.1) is 5.56 Å². The molecule has 4 N–H and O–H groups in total. The molecule has 1 amide bonds. The molecule has 0 radical (unpaired) electrons. The van der Waals surface area contributed by atoms with Crippen molar-refractivity contribution in [3.8, 4) is 22.6 Å². The van der Waals surface area contributed by atoms with E-state index < -0.39 is 0 Å². The van der Waals surface area contributed by atoms with Crippen molar-refractivity contribution in [2.75, 3.05) is 5.32 Å². The van der Waals surface area contributed by atoms with E-state index in [0.29, 0.717) is 28.3 Å². The number of hydrogen-bond acceptors (Lipinski definition) is 3. The standard InChI is InChI=1S/C27H23N3O2/c1-18-7-2-3-10-23(18)19-13-15-21(16-14-19)30-27(31)24-11-4-5-12-25(24)32-22-9-6-8-20(17-22)26(28)29/h2-17H,1H3,(H3,28,29)(H,30,31). The molecule has 158 valence electrons. The van der Waals surface area contributed by atoms with Crippen molar-refractivity contribution in [3.63, 3.8) is 0 Å². The van der Waals surface area contributed by atoms with Crippen LogP contribution in [0.4, 0.5) is 5.69 Å². The molecular formula is C27H23N3O2. The largest absolute Gasteiger partial charge is 0.457 e. The quantitative estimate of drug-likeness (QED) is 0.264. The Labute approximate surface area is 187 Å². The summed E-state index contributed by atoms with van der Waals surface area (Å²) >= 11 is 0. The van der Waals surface area contributed by atoms with Gasteiger partial charge < -0.3 is 15.8 Å². The first-order valence-corrected chi connectivity index (χ1v) is 10.2. The van der Waals surface area contributed by atoms with E-state index in [1.165, 1.54) is 5.56 Å². The van der Waals surface area contributed by atoms with E-state index in [9.17, 15) is 4.79 Å². The summed E-state index contributed by atoms with van der Waals surface area (Å²) in [6.45, 7) is 2.08. The number of ether oxygens (including phenoxy) is 1. The number of rotatable bonds is 6. The van der Waals surface area contributed by atoms with E-state index in [0.717, 1.165) is 11.1 Å². The summed E-state index contributed by atoms with van der Waals surface area (Å²) in [7, 11) is 0. The second-order valence-corrected chi connectivity index (χ2v) is 7.39. The number of amidine groups is 1. The average molecular weight is 422 g/mol. The second-order valence-electron chi connectivity index (χ2n) is 7.39. The SMILES string of the molecule is Cc1ccccc1-c1ccc(NC(=O)c2ccccc2Oc2cccc(C(=N)N)c2)cc1. The summed E-state index contributed by atoms with van der Waals surface area (Å²) < 4.78 is 5.94. The molecule has 0 aliphatic carbocycles. The van der Waals surface area contributed by atoms with Crippen LogP contribution in [-0.2, 0) is 0 Å². The van der Waals surface area contributed by atoms with Crippen LogP contribution in [0, 0.1) is 12.3 Å². The Hall–Kier alpha value is -4.38. The third-order valence-corrected chi connectivity index (χ3v) is 5.10. The van der Waals surface area contributed by atoms with E-state index in [1.807, 2.05) is 36.4 Å². The lowest BCUT2D eigenvalue weighted by molar-refractivity contribution is 0.102. The molecule has 4 aromatic carbocycles. The Morgan fingerprint density at radius 1 is 0.875 bits per heavy atom. The smallest absolute Gasteiger partial charge is 0.259 e. The molecule has 0 atom stereocenters. The van der Waals surface area contributed by atoms with Gasteiger partial charge >= 0.3 is 0 Å². The lowest BCUT2D eigenvalue weighted by Gasteiger charge is -2.13. The average Bonchev–Trinajstić information content (AvgIpc) is 2.80. The van der Waals surface area contributed by atoms with Crippen molar-refractivity contribution in [1.82, 2.24) is 0 Å². The number of nitrogens with one attached hydrogen (secondary N) is 2. The first kappa shape index (κ1) is 20.9. The highest BCUT2D eigenvalue weighted by Gasteiger charge is 2.14. The van der Waals surface area contributed by atoms with Gasteiger partial charge in [-0.1, -0.05) is 60.7 Å². The maximum Gasteiger partial charge on any atom is 0.259 e. The number of aryl methyl sites for hydroxylation is 1. The van der Waals surface area contributed by atoms with E-state index in [-0.39, 0.29) is 11.7 Å². The highest BCUT2D eigenvalue weighted by atomic mass is 16.5. The Morgan fingerprint density at radius 3 is 2.34 bits per heavy atom. The van der Waals surface area contributed by atoms with Crippen molar-refractivity contribution in [3.05, 3.63) is 114 Å². The third-order valence-electron chi connectivity index (χ3n) is 5.10. The van der Waals surface area contributed by atoms with Gasteiger partial charge in [-0.05, 0) is 60.0 Å². The van der Waals surface area contributed by atoms with Crippen LogP contribution in [0.1, 0.15) is 21.5 Å². The molecule has 5 nitrogen and oxygen atoms in total. The topological polar surface area (TPSA) is 88.2 Å². The molecular weight excluding hydrogens is 398 g/mol. The molecule has 0 unspecified atom stereocenters. The molecule has 4 rings (SSSR count). The van der Waals surface area contributed by atoms with Crippen molar-refractivity contribution >= 4 is 17.4 Å². The molecule has 0 spiro atoms. The van der Waals surface area contributed by atoms with Crippen molar-refractivity contribution in [2.24, 2.45) is 5.73 Å². The van der Waals surface area contributed by atoms with E-state index >= 15 is 0 Å². The van der Waals surface area contributed by atoms with Gasteiger partial charge in [0.2, 0.25) is 0 Å². The molecule has 32 heavy (non-hydrogen) atoms. The van der Waals surface area contributed by atoms with Crippen LogP contribution in [0.25, 0.3) is 11.1 Å². The van der Waals surface area contributed by atoms with Gasteiger partial charge in [-0.25, -0.2) is 0 Å². The maximum atomic E-state index is 13.0. The fourth-order valence-electron chi connectivity index (χ4n) is 3.43. The third kappa shape index (κ3) is 4.68. The summed E-state index contributed by atoms with van der Waals surface area (Å²) in [4.78, 5) is 13.0. The normalized spacial score (nSPS) is 10.4. The zero-order valence-electron chi connectivity index (χ0n) is 17.6. The fourth-order valence-corrected chi connectivity index (χ4v) is 3.43. The Morgan fingerprint density at radius 2 is 1.59 bits per heavy atom. The van der Waals surface area contributed by atoms with E-state index in [1.54, 1.807) is 48.5 Å². The number of hydrogen-bond donors (Lipinski definition) is 3. The number of amides is 1. The molecule has 5 heteroatoms. The van der Waals surface area contributed by atoms with Crippen LogP contribution in [0.15, 0.2) is 97.1 Å². The summed E-state index contributed by atoms with van der Waals surface area (Å²) in [6.07, 6.45) is 0. The van der Waals surface area contributed by atoms with Crippen LogP contribution in [-0.4, -0.2) is 11.7 Å². The number of nitrogens with two attached hydrogens (primary N) is 1. The van der Waals surface area contributed by atoms with Gasteiger partial charge in [-0.2, -0.15) is 0 Å². The van der Waals surface area contributed by atoms with Crippen LogP contribution >= 0.6 is 0 Å². The molecule has 0 bridgehead atoms. The highest BCUT2D eigenvalue weighted by molar-refractivity contribution is 6.06. The number of anilines is 1. The minimum absolute atomic E-state index is 0.0457. The minimum atomic E-state index is -0.271. The van der Waals surface area contributed by atoms with Gasteiger partial charge in [-0.15, -0.1) is 0 Å². The van der Waals surface area contributed by atoms with E-state index in [2.05, 4.69) is 24.4 Å². The minimum Gasteiger partial charge on any atom is -0.457 e. The molecule has 0 heterocycles. The van der Waals surface area contributed by atoms with Gasteiger partial charge in [-0.3, -0.25) is 10.2 Å². The molecule has 0 aliphatic heterocycles. The number of para-hydroxylation sites is 1. The van der Waals surface area contributed by atoms with Gasteiger partial charge in [0, 0.05) is 11.3 Å². The number of benzene rings is 4. The number of carbonyl (C=O) groups is 1. The highest BCUT2D eigenvalue weighted by Crippen LogP contribution is 2.28. The van der Waals surface area contributed by atoms with Crippen LogP contribution < -0.4 is 15.8 Å². The van der Waals surface area contributed by atoms with Crippen molar-refractivity contribution in [1.29, 1.82) is 5.41 Å². The fraction of sp³-hybridized carbons (Fsp3) is 0.0370. The molecule has 0 aromatic heterocycles. The molecule has 4 aromatic rings. The molecule has 0 fully saturated rings. The molecule has 0 saturated carbocycles. The van der Waals surface area contributed by atoms with Crippen LogP contribution in [0.5, 0.6) is 11.5 Å². The second kappa shape index (κ2) is 9.18. The monoisotopic (exact) mass is 421 g/mol. The van der Waals surface area contributed by atoms with Crippen molar-refractivity contribution < 1.29 is 9.53 Å². The number of nitrogen functional groups attached to an aromatic ring is 1. The van der Waals surface area contributed by atoms with Gasteiger partial charge in [0.1, 0.15) is 17.3 Å². The Bertz CT molecular complexity index is 1280. The summed E-state index contributed by atoms with van der Waals surface area (Å²) in [5, 5.41) is 10.5. The lowest BCUT2D eigenvalue weighted by Crippen LogP contribution is -2.13. The number of carbonyl (C=O) groups excluding carboxylic acids is 1.